The molecule has 9 rings (SSSR count). The van der Waals surface area contributed by atoms with E-state index in [1.807, 2.05) is 11.8 Å². The van der Waals surface area contributed by atoms with Crippen LogP contribution in [0.25, 0.3) is 49.7 Å². The molecule has 0 aliphatic carbocycles. The lowest BCUT2D eigenvalue weighted by atomic mass is 9.98. The molecule has 2 nitrogen and oxygen atoms in total. The molecule has 8 aromatic rings. The Morgan fingerprint density at radius 2 is 1.00 bits per heavy atom. The van der Waals surface area contributed by atoms with Crippen molar-refractivity contribution < 1.29 is 0 Å². The molecule has 0 amide bonds. The van der Waals surface area contributed by atoms with Crippen LogP contribution < -0.4 is 4.90 Å². The molecular formula is C42H28N2S. The third kappa shape index (κ3) is 4.28. The molecule has 0 unspecified atom stereocenters. The summed E-state index contributed by atoms with van der Waals surface area (Å²) in [6.07, 6.45) is 0. The Morgan fingerprint density at radius 1 is 0.400 bits per heavy atom. The minimum Gasteiger partial charge on any atom is -0.309 e. The summed E-state index contributed by atoms with van der Waals surface area (Å²) in [6.45, 7) is 0. The lowest BCUT2D eigenvalue weighted by Crippen LogP contribution is -2.15. The lowest BCUT2D eigenvalue weighted by molar-refractivity contribution is 1.16. The Labute approximate surface area is 266 Å². The third-order valence-electron chi connectivity index (χ3n) is 8.73. The normalized spacial score (nSPS) is 12.3. The summed E-state index contributed by atoms with van der Waals surface area (Å²) in [5.74, 6) is 0. The average Bonchev–Trinajstić information content (AvgIpc) is 3.46. The number of hydrogen-bond acceptors (Lipinski definition) is 2. The van der Waals surface area contributed by atoms with Crippen LogP contribution in [0.2, 0.25) is 0 Å². The van der Waals surface area contributed by atoms with Crippen LogP contribution in [0, 0.1) is 0 Å². The molecule has 0 saturated carbocycles. The van der Waals surface area contributed by atoms with Crippen molar-refractivity contribution in [2.75, 3.05) is 4.90 Å². The third-order valence-corrected chi connectivity index (χ3v) is 9.84. The molecule has 0 radical (unpaired) electrons. The van der Waals surface area contributed by atoms with Gasteiger partial charge in [-0.3, -0.25) is 0 Å². The first-order valence-electron chi connectivity index (χ1n) is 15.3. The molecule has 0 N–H and O–H groups in total. The van der Waals surface area contributed by atoms with Gasteiger partial charge in [-0.25, -0.2) is 0 Å². The number of para-hydroxylation sites is 3. The first-order valence-corrected chi connectivity index (χ1v) is 16.1. The van der Waals surface area contributed by atoms with Crippen molar-refractivity contribution in [3.05, 3.63) is 170 Å². The van der Waals surface area contributed by atoms with E-state index in [4.69, 9.17) is 0 Å². The first kappa shape index (κ1) is 25.9. The van der Waals surface area contributed by atoms with Crippen LogP contribution in [0.1, 0.15) is 0 Å². The summed E-state index contributed by atoms with van der Waals surface area (Å²) in [7, 11) is 0. The molecule has 0 spiro atoms. The zero-order valence-corrected chi connectivity index (χ0v) is 25.3. The molecule has 1 aliphatic heterocycles. The van der Waals surface area contributed by atoms with Crippen molar-refractivity contribution in [3.63, 3.8) is 0 Å². The highest BCUT2D eigenvalue weighted by Gasteiger charge is 2.29. The summed E-state index contributed by atoms with van der Waals surface area (Å²) in [4.78, 5) is 4.98. The average molecular weight is 593 g/mol. The van der Waals surface area contributed by atoms with Crippen LogP contribution in [0.4, 0.5) is 17.1 Å². The molecule has 7 aromatic carbocycles. The summed E-state index contributed by atoms with van der Waals surface area (Å²) >= 11 is 1.86. The van der Waals surface area contributed by atoms with Crippen molar-refractivity contribution in [2.45, 2.75) is 9.79 Å². The lowest BCUT2D eigenvalue weighted by Gasteiger charge is -2.33. The molecule has 2 heterocycles. The second kappa shape index (κ2) is 10.6. The summed E-state index contributed by atoms with van der Waals surface area (Å²) in [5, 5.41) is 2.51. The van der Waals surface area contributed by atoms with Crippen LogP contribution >= 0.6 is 11.8 Å². The summed E-state index contributed by atoms with van der Waals surface area (Å²) in [6, 6.07) is 61.4. The SMILES string of the molecule is c1ccc(-c2cc(-c3ccccc3)cc(-n3c4ccccc4c4c5c(ccc43)Sc3ccccc3N5c3ccccc3)c2)cc1. The highest BCUT2D eigenvalue weighted by Crippen LogP contribution is 2.55. The van der Waals surface area contributed by atoms with Crippen LogP contribution in [0.15, 0.2) is 180 Å². The molecule has 0 saturated heterocycles. The van der Waals surface area contributed by atoms with Gasteiger partial charge in [0.05, 0.1) is 22.4 Å². The number of fused-ring (bicyclic) bond motifs is 6. The number of anilines is 3. The minimum atomic E-state index is 1.15. The van der Waals surface area contributed by atoms with Gasteiger partial charge < -0.3 is 9.47 Å². The summed E-state index contributed by atoms with van der Waals surface area (Å²) in [5.41, 5.74) is 12.0. The predicted molar refractivity (Wildman–Crippen MR) is 190 cm³/mol. The van der Waals surface area contributed by atoms with Gasteiger partial charge in [-0.05, 0) is 82.9 Å². The van der Waals surface area contributed by atoms with E-state index in [0.29, 0.717) is 0 Å². The van der Waals surface area contributed by atoms with Gasteiger partial charge in [0, 0.05) is 31.9 Å². The molecule has 0 fully saturated rings. The Hall–Kier alpha value is -5.51. The highest BCUT2D eigenvalue weighted by atomic mass is 32.2. The zero-order chi connectivity index (χ0) is 29.7. The number of benzene rings is 7. The highest BCUT2D eigenvalue weighted by molar-refractivity contribution is 7.99. The number of nitrogens with zero attached hydrogens (tertiary/aromatic N) is 2. The van der Waals surface area contributed by atoms with E-state index in [1.54, 1.807) is 0 Å². The smallest absolute Gasteiger partial charge is 0.0701 e. The second-order valence-corrected chi connectivity index (χ2v) is 12.5. The van der Waals surface area contributed by atoms with Crippen LogP contribution in [-0.2, 0) is 0 Å². The Bertz CT molecular complexity index is 2280. The van der Waals surface area contributed by atoms with E-state index in [2.05, 4.69) is 179 Å². The van der Waals surface area contributed by atoms with Crippen LogP contribution in [-0.4, -0.2) is 4.57 Å². The first-order chi connectivity index (χ1) is 22.3. The molecule has 1 aromatic heterocycles. The maximum atomic E-state index is 2.46. The fraction of sp³-hybridized carbons (Fsp3) is 0. The Kier molecular flexibility index (Phi) is 6.10. The maximum Gasteiger partial charge on any atom is 0.0701 e. The molecule has 0 bridgehead atoms. The van der Waals surface area contributed by atoms with E-state index in [9.17, 15) is 0 Å². The van der Waals surface area contributed by atoms with Crippen molar-refractivity contribution in [1.82, 2.24) is 4.57 Å². The van der Waals surface area contributed by atoms with E-state index in [-0.39, 0.29) is 0 Å². The zero-order valence-electron chi connectivity index (χ0n) is 24.5. The van der Waals surface area contributed by atoms with Gasteiger partial charge in [0.1, 0.15) is 0 Å². The quantitative estimate of drug-likeness (QED) is 0.201. The molecular weight excluding hydrogens is 565 g/mol. The van der Waals surface area contributed by atoms with E-state index >= 15 is 0 Å². The van der Waals surface area contributed by atoms with E-state index in [1.165, 1.54) is 65.2 Å². The van der Waals surface area contributed by atoms with Gasteiger partial charge in [-0.15, -0.1) is 0 Å². The van der Waals surface area contributed by atoms with Gasteiger partial charge >= 0.3 is 0 Å². The van der Waals surface area contributed by atoms with Crippen molar-refractivity contribution in [2.24, 2.45) is 0 Å². The van der Waals surface area contributed by atoms with Crippen molar-refractivity contribution in [3.8, 4) is 27.9 Å². The summed E-state index contributed by atoms with van der Waals surface area (Å²) < 4.78 is 2.46. The Morgan fingerprint density at radius 3 is 1.71 bits per heavy atom. The minimum absolute atomic E-state index is 1.15. The monoisotopic (exact) mass is 592 g/mol. The van der Waals surface area contributed by atoms with Crippen LogP contribution in [0.5, 0.6) is 0 Å². The standard InChI is InChI=1S/C42H28N2S/c1-4-14-29(15-5-1)31-26-32(30-16-6-2-7-17-30)28-34(27-31)43-36-21-11-10-20-35(36)41-38(43)24-25-40-42(41)44(33-18-8-3-9-19-33)37-22-12-13-23-39(37)45-40/h1-28H. The van der Waals surface area contributed by atoms with Gasteiger partial charge in [0.2, 0.25) is 0 Å². The molecule has 3 heteroatoms. The number of hydrogen-bond donors (Lipinski definition) is 0. The maximum absolute atomic E-state index is 2.46. The number of rotatable bonds is 4. The molecule has 45 heavy (non-hydrogen) atoms. The topological polar surface area (TPSA) is 8.17 Å². The molecule has 212 valence electrons. The van der Waals surface area contributed by atoms with Gasteiger partial charge in [0.25, 0.3) is 0 Å². The number of aromatic nitrogens is 1. The van der Waals surface area contributed by atoms with Crippen molar-refractivity contribution >= 4 is 50.6 Å². The largest absolute Gasteiger partial charge is 0.309 e. The van der Waals surface area contributed by atoms with Gasteiger partial charge in [0.15, 0.2) is 0 Å². The van der Waals surface area contributed by atoms with Crippen molar-refractivity contribution in [1.29, 1.82) is 0 Å². The van der Waals surface area contributed by atoms with Crippen LogP contribution in [0.3, 0.4) is 0 Å². The molecule has 1 aliphatic rings. The predicted octanol–water partition coefficient (Wildman–Crippen LogP) is 12.1. The Balaban J connectivity index is 1.37. The fourth-order valence-corrected chi connectivity index (χ4v) is 7.83. The molecule has 0 atom stereocenters. The van der Waals surface area contributed by atoms with E-state index < -0.39 is 0 Å². The van der Waals surface area contributed by atoms with E-state index in [0.717, 1.165) is 11.4 Å². The van der Waals surface area contributed by atoms with Gasteiger partial charge in [-0.1, -0.05) is 121 Å². The van der Waals surface area contributed by atoms with Gasteiger partial charge in [-0.2, -0.15) is 0 Å². The second-order valence-electron chi connectivity index (χ2n) is 11.4. The fourth-order valence-electron chi connectivity index (χ4n) is 6.75.